The molecule has 21 heavy (non-hydrogen) atoms. The first kappa shape index (κ1) is 19.0. The quantitative estimate of drug-likeness (QED) is 0.824. The van der Waals surface area contributed by atoms with Crippen molar-refractivity contribution in [2.45, 2.75) is 25.3 Å². The number of carbonyl (C=O) groups excluding carboxylic acids is 1. The second-order valence-electron chi connectivity index (χ2n) is 6.00. The smallest absolute Gasteiger partial charge is 0.239 e. The highest BCUT2D eigenvalue weighted by atomic mass is 35.5. The van der Waals surface area contributed by atoms with E-state index >= 15 is 0 Å². The van der Waals surface area contributed by atoms with Gasteiger partial charge in [-0.05, 0) is 31.7 Å². The van der Waals surface area contributed by atoms with Gasteiger partial charge in [0.1, 0.15) is 0 Å². The van der Waals surface area contributed by atoms with Gasteiger partial charge in [0.25, 0.3) is 0 Å². The van der Waals surface area contributed by atoms with E-state index in [9.17, 15) is 4.79 Å². The summed E-state index contributed by atoms with van der Waals surface area (Å²) in [6, 6.07) is 0.0924. The molecule has 0 saturated carbocycles. The van der Waals surface area contributed by atoms with Gasteiger partial charge < -0.3 is 15.0 Å². The van der Waals surface area contributed by atoms with Crippen molar-refractivity contribution in [3.05, 3.63) is 0 Å². The summed E-state index contributed by atoms with van der Waals surface area (Å²) >= 11 is 0. The normalized spacial score (nSPS) is 29.8. The highest BCUT2D eigenvalue weighted by Crippen LogP contribution is 2.16. The fourth-order valence-electron chi connectivity index (χ4n) is 3.36. The molecule has 3 heterocycles. The highest BCUT2D eigenvalue weighted by Gasteiger charge is 2.30. The van der Waals surface area contributed by atoms with E-state index in [1.165, 1.54) is 6.42 Å². The summed E-state index contributed by atoms with van der Waals surface area (Å²) in [6.45, 7) is 7.82. The summed E-state index contributed by atoms with van der Waals surface area (Å²) < 4.78 is 5.43. The van der Waals surface area contributed by atoms with Crippen LogP contribution in [0.5, 0.6) is 0 Å². The molecule has 0 bridgehead atoms. The molecular formula is C14H27Cl2N3O2. The van der Waals surface area contributed by atoms with Gasteiger partial charge in [0.15, 0.2) is 0 Å². The van der Waals surface area contributed by atoms with Crippen molar-refractivity contribution in [3.63, 3.8) is 0 Å². The summed E-state index contributed by atoms with van der Waals surface area (Å²) in [5, 5.41) is 3.30. The topological polar surface area (TPSA) is 44.8 Å². The largest absolute Gasteiger partial charge is 0.381 e. The van der Waals surface area contributed by atoms with Crippen molar-refractivity contribution in [3.8, 4) is 0 Å². The molecule has 0 spiro atoms. The standard InChI is InChI=1S/C14H25N3O2.2ClH/c18-14(13-2-1-4-15-13)17-7-5-16(6-8-17)10-12-3-9-19-11-12;;/h12-13,15H,1-11H2;2*1H/t12?,13-;;/m0../s1. The molecule has 0 aromatic rings. The van der Waals surface area contributed by atoms with E-state index < -0.39 is 0 Å². The van der Waals surface area contributed by atoms with Crippen molar-refractivity contribution in [1.29, 1.82) is 0 Å². The van der Waals surface area contributed by atoms with Gasteiger partial charge in [-0.2, -0.15) is 0 Å². The third-order valence-corrected chi connectivity index (χ3v) is 4.58. The molecule has 2 atom stereocenters. The van der Waals surface area contributed by atoms with E-state index in [4.69, 9.17) is 4.74 Å². The zero-order valence-corrected chi connectivity index (χ0v) is 14.1. The molecule has 0 radical (unpaired) electrons. The number of piperazine rings is 1. The second kappa shape index (κ2) is 9.16. The fourth-order valence-corrected chi connectivity index (χ4v) is 3.36. The van der Waals surface area contributed by atoms with Crippen molar-refractivity contribution in [2.75, 3.05) is 52.5 Å². The van der Waals surface area contributed by atoms with Crippen LogP contribution in [-0.4, -0.2) is 74.2 Å². The predicted octanol–water partition coefficient (Wildman–Crippen LogP) is 0.763. The van der Waals surface area contributed by atoms with Crippen molar-refractivity contribution in [1.82, 2.24) is 15.1 Å². The number of ether oxygens (including phenoxy) is 1. The molecule has 3 aliphatic rings. The van der Waals surface area contributed by atoms with E-state index in [1.54, 1.807) is 0 Å². The van der Waals surface area contributed by atoms with Gasteiger partial charge in [0, 0.05) is 39.3 Å². The maximum atomic E-state index is 12.3. The minimum atomic E-state index is 0. The third kappa shape index (κ3) is 4.96. The summed E-state index contributed by atoms with van der Waals surface area (Å²) in [6.07, 6.45) is 3.35. The lowest BCUT2D eigenvalue weighted by Crippen LogP contribution is -2.53. The molecule has 3 saturated heterocycles. The Balaban J connectivity index is 0.00000110. The Morgan fingerprint density at radius 1 is 1.14 bits per heavy atom. The van der Waals surface area contributed by atoms with Gasteiger partial charge >= 0.3 is 0 Å². The maximum absolute atomic E-state index is 12.3. The Morgan fingerprint density at radius 3 is 2.48 bits per heavy atom. The Hall–Kier alpha value is -0.0700. The van der Waals surface area contributed by atoms with Crippen LogP contribution in [0.4, 0.5) is 0 Å². The molecule has 3 aliphatic heterocycles. The van der Waals surface area contributed by atoms with Gasteiger partial charge in [0.05, 0.1) is 12.6 Å². The Kier molecular flexibility index (Phi) is 8.27. The minimum Gasteiger partial charge on any atom is -0.381 e. The van der Waals surface area contributed by atoms with Crippen LogP contribution in [0.25, 0.3) is 0 Å². The number of amides is 1. The van der Waals surface area contributed by atoms with E-state index in [-0.39, 0.29) is 30.9 Å². The van der Waals surface area contributed by atoms with Crippen LogP contribution in [0.1, 0.15) is 19.3 Å². The maximum Gasteiger partial charge on any atom is 0.239 e. The molecule has 1 unspecified atom stereocenters. The molecule has 3 rings (SSSR count). The molecular weight excluding hydrogens is 313 g/mol. The van der Waals surface area contributed by atoms with E-state index in [1.807, 2.05) is 4.90 Å². The first-order valence-electron chi connectivity index (χ1n) is 7.65. The van der Waals surface area contributed by atoms with Crippen molar-refractivity contribution < 1.29 is 9.53 Å². The summed E-state index contributed by atoms with van der Waals surface area (Å²) in [4.78, 5) is 16.8. The molecule has 5 nitrogen and oxygen atoms in total. The fraction of sp³-hybridized carbons (Fsp3) is 0.929. The SMILES string of the molecule is Cl.Cl.O=C([C@@H]1CCCN1)N1CCN(CC2CCOC2)CC1. The lowest BCUT2D eigenvalue weighted by Gasteiger charge is -2.36. The van der Waals surface area contributed by atoms with Crippen LogP contribution in [0, 0.1) is 5.92 Å². The van der Waals surface area contributed by atoms with Crippen LogP contribution in [0.2, 0.25) is 0 Å². The van der Waals surface area contributed by atoms with Crippen LogP contribution in [0.3, 0.4) is 0 Å². The molecule has 0 aromatic carbocycles. The molecule has 3 fully saturated rings. The van der Waals surface area contributed by atoms with Crippen LogP contribution < -0.4 is 5.32 Å². The second-order valence-corrected chi connectivity index (χ2v) is 6.00. The van der Waals surface area contributed by atoms with Gasteiger partial charge in [-0.15, -0.1) is 24.8 Å². The van der Waals surface area contributed by atoms with Crippen LogP contribution >= 0.6 is 24.8 Å². The number of nitrogens with one attached hydrogen (secondary N) is 1. The molecule has 0 aromatic heterocycles. The average molecular weight is 340 g/mol. The monoisotopic (exact) mass is 339 g/mol. The predicted molar refractivity (Wildman–Crippen MR) is 87.5 cm³/mol. The number of nitrogens with zero attached hydrogens (tertiary/aromatic N) is 2. The summed E-state index contributed by atoms with van der Waals surface area (Å²) in [7, 11) is 0. The number of halogens is 2. The first-order valence-corrected chi connectivity index (χ1v) is 7.65. The third-order valence-electron chi connectivity index (χ3n) is 4.58. The number of carbonyl (C=O) groups is 1. The highest BCUT2D eigenvalue weighted by molar-refractivity contribution is 5.85. The van der Waals surface area contributed by atoms with Crippen molar-refractivity contribution in [2.24, 2.45) is 5.92 Å². The van der Waals surface area contributed by atoms with Crippen LogP contribution in [0.15, 0.2) is 0 Å². The Labute approximate surface area is 139 Å². The van der Waals surface area contributed by atoms with Gasteiger partial charge in [0.2, 0.25) is 5.91 Å². The van der Waals surface area contributed by atoms with E-state index in [0.717, 1.165) is 65.3 Å². The molecule has 7 heteroatoms. The number of hydrogen-bond acceptors (Lipinski definition) is 4. The zero-order chi connectivity index (χ0) is 13.1. The van der Waals surface area contributed by atoms with E-state index in [2.05, 4.69) is 10.2 Å². The lowest BCUT2D eigenvalue weighted by molar-refractivity contribution is -0.134. The number of rotatable bonds is 3. The summed E-state index contributed by atoms with van der Waals surface area (Å²) in [5.74, 6) is 1.03. The van der Waals surface area contributed by atoms with Crippen molar-refractivity contribution >= 4 is 30.7 Å². The van der Waals surface area contributed by atoms with Gasteiger partial charge in [-0.1, -0.05) is 0 Å². The molecule has 0 aliphatic carbocycles. The number of hydrogen-bond donors (Lipinski definition) is 1. The van der Waals surface area contributed by atoms with Crippen LogP contribution in [-0.2, 0) is 9.53 Å². The Bertz CT molecular complexity index is 313. The zero-order valence-electron chi connectivity index (χ0n) is 12.5. The lowest BCUT2D eigenvalue weighted by atomic mass is 10.1. The molecule has 1 amide bonds. The van der Waals surface area contributed by atoms with E-state index in [0.29, 0.717) is 11.8 Å². The molecule has 124 valence electrons. The molecule has 1 N–H and O–H groups in total. The Morgan fingerprint density at radius 2 is 1.90 bits per heavy atom. The average Bonchev–Trinajstić information content (AvgIpc) is 3.12. The first-order chi connectivity index (χ1) is 9.33. The van der Waals surface area contributed by atoms with Gasteiger partial charge in [-0.3, -0.25) is 9.69 Å². The van der Waals surface area contributed by atoms with Gasteiger partial charge in [-0.25, -0.2) is 0 Å². The minimum absolute atomic E-state index is 0. The summed E-state index contributed by atoms with van der Waals surface area (Å²) in [5.41, 5.74) is 0.